The molecule has 1 aliphatic heterocycles. The highest BCUT2D eigenvalue weighted by Crippen LogP contribution is 2.46. The number of aromatic hydroxyl groups is 5. The first-order valence-corrected chi connectivity index (χ1v) is 15.0. The summed E-state index contributed by atoms with van der Waals surface area (Å²) < 4.78 is 28.2. The molecule has 0 fully saturated rings. The normalized spacial score (nSPS) is 12.7. The van der Waals surface area contributed by atoms with Crippen molar-refractivity contribution in [1.82, 2.24) is 0 Å². The van der Waals surface area contributed by atoms with Crippen LogP contribution in [0.2, 0.25) is 0 Å². The molecule has 0 amide bonds. The van der Waals surface area contributed by atoms with Crippen molar-refractivity contribution < 1.29 is 53.7 Å². The predicted octanol–water partition coefficient (Wildman–Crippen LogP) is 5.25. The molecule has 0 saturated carbocycles. The van der Waals surface area contributed by atoms with Crippen LogP contribution in [-0.4, -0.2) is 58.9 Å². The van der Waals surface area contributed by atoms with Crippen LogP contribution in [0.4, 0.5) is 0 Å². The van der Waals surface area contributed by atoms with E-state index in [0.29, 0.717) is 36.7 Å². The van der Waals surface area contributed by atoms with Crippen molar-refractivity contribution in [2.75, 3.05) is 27.4 Å². The fraction of sp³-hybridized carbons (Fsp3) is 0.222. The van der Waals surface area contributed by atoms with E-state index < -0.39 is 57.2 Å². The van der Waals surface area contributed by atoms with E-state index in [2.05, 4.69) is 6.07 Å². The minimum Gasteiger partial charge on any atom is -0.507 e. The van der Waals surface area contributed by atoms with E-state index in [-0.39, 0.29) is 23.1 Å². The van der Waals surface area contributed by atoms with Gasteiger partial charge in [-0.15, -0.1) is 0 Å². The van der Waals surface area contributed by atoms with Crippen molar-refractivity contribution in [3.8, 4) is 57.3 Å². The molecule has 0 radical (unpaired) electrons. The summed E-state index contributed by atoms with van der Waals surface area (Å²) in [6.45, 7) is 1.01. The highest BCUT2D eigenvalue weighted by molar-refractivity contribution is 5.92. The molecule has 5 N–H and O–H groups in total. The maximum absolute atomic E-state index is 13.4. The number of methoxy groups -OCH3 is 2. The second-order valence-corrected chi connectivity index (χ2v) is 11.2. The molecular weight excluding hydrogens is 624 g/mol. The van der Waals surface area contributed by atoms with Gasteiger partial charge in [-0.2, -0.15) is 0 Å². The number of ether oxygens (including phenoxy) is 4. The monoisotopic (exact) mass is 656 g/mol. The summed E-state index contributed by atoms with van der Waals surface area (Å²) in [5.74, 6) is -3.52. The minimum atomic E-state index is -1.04. The number of phenolic OH excluding ortho intramolecular Hbond substituents is 4. The Bertz CT molecular complexity index is 2100. The number of rotatable bonds is 10. The Morgan fingerprint density at radius 1 is 0.875 bits per heavy atom. The number of fused-ring (bicyclic) bond motifs is 2. The summed E-state index contributed by atoms with van der Waals surface area (Å²) >= 11 is 0. The summed E-state index contributed by atoms with van der Waals surface area (Å²) in [7, 11) is 2.66. The van der Waals surface area contributed by atoms with Gasteiger partial charge in [-0.25, -0.2) is 0 Å². The van der Waals surface area contributed by atoms with E-state index in [1.165, 1.54) is 20.3 Å². The molecule has 0 bridgehead atoms. The van der Waals surface area contributed by atoms with Gasteiger partial charge in [-0.1, -0.05) is 18.2 Å². The van der Waals surface area contributed by atoms with Gasteiger partial charge in [0.05, 0.1) is 33.9 Å². The Balaban J connectivity index is 1.41. The van der Waals surface area contributed by atoms with Crippen molar-refractivity contribution in [3.05, 3.63) is 93.1 Å². The highest BCUT2D eigenvalue weighted by atomic mass is 16.5. The molecule has 4 aromatic carbocycles. The Kier molecular flexibility index (Phi) is 8.64. The van der Waals surface area contributed by atoms with Gasteiger partial charge >= 0.3 is 5.97 Å². The van der Waals surface area contributed by atoms with E-state index in [1.807, 2.05) is 12.1 Å². The third-order valence-electron chi connectivity index (χ3n) is 8.32. The van der Waals surface area contributed by atoms with Gasteiger partial charge in [0.1, 0.15) is 28.2 Å². The van der Waals surface area contributed by atoms with Gasteiger partial charge in [0.2, 0.25) is 11.2 Å². The van der Waals surface area contributed by atoms with E-state index >= 15 is 0 Å². The van der Waals surface area contributed by atoms with Crippen LogP contribution >= 0.6 is 0 Å². The zero-order valence-electron chi connectivity index (χ0n) is 26.0. The van der Waals surface area contributed by atoms with Gasteiger partial charge < -0.3 is 48.9 Å². The lowest BCUT2D eigenvalue weighted by molar-refractivity contribution is -0.140. The van der Waals surface area contributed by atoms with Crippen LogP contribution in [0.1, 0.15) is 34.6 Å². The van der Waals surface area contributed by atoms with Crippen LogP contribution in [0.15, 0.2) is 69.9 Å². The largest absolute Gasteiger partial charge is 0.507 e. The van der Waals surface area contributed by atoms with Gasteiger partial charge in [0, 0.05) is 36.0 Å². The second kappa shape index (κ2) is 13.0. The smallest absolute Gasteiger partial charge is 0.306 e. The average molecular weight is 657 g/mol. The molecule has 248 valence electrons. The molecule has 6 rings (SSSR count). The molecular formula is C36H32O12. The zero-order valence-corrected chi connectivity index (χ0v) is 26.0. The highest BCUT2D eigenvalue weighted by Gasteiger charge is 2.30. The molecule has 1 aliphatic rings. The van der Waals surface area contributed by atoms with Gasteiger partial charge in [0.25, 0.3) is 0 Å². The van der Waals surface area contributed by atoms with Crippen molar-refractivity contribution in [2.24, 2.45) is 0 Å². The van der Waals surface area contributed by atoms with Crippen LogP contribution in [0, 0.1) is 0 Å². The lowest BCUT2D eigenvalue weighted by atomic mass is 9.86. The van der Waals surface area contributed by atoms with E-state index in [9.17, 15) is 35.1 Å². The quantitative estimate of drug-likeness (QED) is 0.0973. The number of carbonyl (C=O) groups is 1. The first-order valence-electron chi connectivity index (χ1n) is 15.0. The van der Waals surface area contributed by atoms with Crippen LogP contribution in [0.25, 0.3) is 22.3 Å². The Hall–Kier alpha value is -6.04. The molecule has 0 aliphatic carbocycles. The van der Waals surface area contributed by atoms with Crippen molar-refractivity contribution in [1.29, 1.82) is 0 Å². The topological polar surface area (TPSA) is 185 Å². The summed E-state index contributed by atoms with van der Waals surface area (Å²) in [6, 6.07) is 15.4. The molecule has 48 heavy (non-hydrogen) atoms. The molecule has 12 nitrogen and oxygen atoms in total. The van der Waals surface area contributed by atoms with Crippen molar-refractivity contribution >= 4 is 16.9 Å². The van der Waals surface area contributed by atoms with E-state index in [1.54, 1.807) is 18.2 Å². The molecule has 1 aromatic heterocycles. The Morgan fingerprint density at radius 2 is 1.69 bits per heavy atom. The minimum absolute atomic E-state index is 0.0106. The number of benzene rings is 4. The summed E-state index contributed by atoms with van der Waals surface area (Å²) in [4.78, 5) is 26.1. The Labute approximate surface area is 273 Å². The summed E-state index contributed by atoms with van der Waals surface area (Å²) in [5, 5.41) is 52.0. The maximum Gasteiger partial charge on any atom is 0.306 e. The molecule has 2 heterocycles. The lowest BCUT2D eigenvalue weighted by Gasteiger charge is -2.22. The third kappa shape index (κ3) is 5.95. The van der Waals surface area contributed by atoms with Gasteiger partial charge in [-0.05, 0) is 53.1 Å². The van der Waals surface area contributed by atoms with E-state index in [4.69, 9.17) is 23.4 Å². The number of phenols is 4. The van der Waals surface area contributed by atoms with Crippen LogP contribution in [0.3, 0.4) is 0 Å². The maximum atomic E-state index is 13.4. The average Bonchev–Trinajstić information content (AvgIpc) is 3.55. The predicted molar refractivity (Wildman–Crippen MR) is 173 cm³/mol. The molecule has 1 unspecified atom stereocenters. The fourth-order valence-electron chi connectivity index (χ4n) is 5.87. The molecule has 0 spiro atoms. The van der Waals surface area contributed by atoms with Crippen LogP contribution < -0.4 is 19.6 Å². The van der Waals surface area contributed by atoms with Crippen LogP contribution in [-0.2, 0) is 22.4 Å². The molecule has 12 heteroatoms. The number of esters is 1. The Morgan fingerprint density at radius 3 is 2.44 bits per heavy atom. The summed E-state index contributed by atoms with van der Waals surface area (Å²) in [6.07, 6.45) is 1.16. The SMILES string of the molecule is COC(=O)CC(c1ccc(OCCc2ccc3c(c2)CCO3)c(OC)c1)c1c(O)cc(O)c2c(=O)c(O)c(-c3ccc(O)c(O)c3)oc12. The molecule has 0 saturated heterocycles. The number of hydrogen-bond acceptors (Lipinski definition) is 12. The van der Waals surface area contributed by atoms with Gasteiger partial charge in [0.15, 0.2) is 28.8 Å². The first-order chi connectivity index (χ1) is 23.1. The summed E-state index contributed by atoms with van der Waals surface area (Å²) in [5.41, 5.74) is 1.28. The van der Waals surface area contributed by atoms with E-state index in [0.717, 1.165) is 41.5 Å². The third-order valence-corrected chi connectivity index (χ3v) is 8.32. The number of hydrogen-bond donors (Lipinski definition) is 5. The number of carbonyl (C=O) groups excluding carboxylic acids is 1. The van der Waals surface area contributed by atoms with Gasteiger partial charge in [-0.3, -0.25) is 9.59 Å². The van der Waals surface area contributed by atoms with Crippen LogP contribution in [0.5, 0.6) is 46.0 Å². The van der Waals surface area contributed by atoms with Crippen molar-refractivity contribution in [2.45, 2.75) is 25.2 Å². The molecule has 1 atom stereocenters. The zero-order chi connectivity index (χ0) is 34.1. The lowest BCUT2D eigenvalue weighted by Crippen LogP contribution is -2.13. The fourth-order valence-corrected chi connectivity index (χ4v) is 5.87. The molecule has 5 aromatic rings. The van der Waals surface area contributed by atoms with Crippen molar-refractivity contribution in [3.63, 3.8) is 0 Å². The first kappa shape index (κ1) is 31.9. The second-order valence-electron chi connectivity index (χ2n) is 11.2. The standard InChI is InChI=1S/C36H32O12/c1-44-29-15-19(5-8-28(29)47-11-9-18-3-7-27-20(13-18)10-12-46-27)22(16-30(41)45-2)31-25(39)17-26(40)32-33(42)34(43)35(48-36(31)32)21-4-6-23(37)24(38)14-21/h3-8,13-15,17,22,37-40,43H,9-12,16H2,1-2H3.